The highest BCUT2D eigenvalue weighted by Crippen LogP contribution is 2.13. The van der Waals surface area contributed by atoms with Crippen LogP contribution in [0.3, 0.4) is 0 Å². The fraction of sp³-hybridized carbons (Fsp3) is 0.950. The molecule has 0 bridgehead atoms. The van der Waals surface area contributed by atoms with Gasteiger partial charge >= 0.3 is 0 Å². The molecule has 0 saturated carbocycles. The van der Waals surface area contributed by atoms with Crippen LogP contribution < -0.4 is 5.32 Å². The zero-order chi connectivity index (χ0) is 15.7. The molecule has 0 spiro atoms. The van der Waals surface area contributed by atoms with Gasteiger partial charge in [0.2, 0.25) is 0 Å². The van der Waals surface area contributed by atoms with Crippen LogP contribution in [-0.2, 0) is 0 Å². The van der Waals surface area contributed by atoms with Gasteiger partial charge in [0.1, 0.15) is 6.54 Å². The number of unbranched alkanes of at least 4 members (excludes halogenated alkanes) is 14. The normalized spacial score (nSPS) is 14.5. The van der Waals surface area contributed by atoms with Crippen LogP contribution in [0.1, 0.15) is 110 Å². The highest BCUT2D eigenvalue weighted by Gasteiger charge is 2.08. The Balaban J connectivity index is 1.66. The molecule has 0 aromatic carbocycles. The minimum Gasteiger partial charge on any atom is -0.300 e. The summed E-state index contributed by atoms with van der Waals surface area (Å²) >= 11 is 0. The average molecular weight is 310 g/mol. The van der Waals surface area contributed by atoms with Crippen LogP contribution in [0.4, 0.5) is 0 Å². The first kappa shape index (κ1) is 19.7. The standard InChI is InChI=1S/C20H40N2/c1-2-3-4-5-6-7-8-9-10-11-12-13-14-15-16-17-20-21-18-19-22-20/h2-19H2,1H3,(H,21,22)/p+1. The third-order valence-electron chi connectivity index (χ3n) is 4.86. The van der Waals surface area contributed by atoms with Gasteiger partial charge in [0.25, 0.3) is 0 Å². The monoisotopic (exact) mass is 309 g/mol. The SMILES string of the molecule is CCCCCCCCCCCCCCCCCC1=NCC[NH2+]1. The van der Waals surface area contributed by atoms with Crippen molar-refractivity contribution in [1.29, 1.82) is 0 Å². The molecule has 0 fully saturated rings. The van der Waals surface area contributed by atoms with Crippen LogP contribution in [0.2, 0.25) is 0 Å². The van der Waals surface area contributed by atoms with Crippen molar-refractivity contribution in [3.8, 4) is 0 Å². The van der Waals surface area contributed by atoms with Gasteiger partial charge in [0, 0.05) is 6.42 Å². The van der Waals surface area contributed by atoms with Crippen molar-refractivity contribution in [2.45, 2.75) is 110 Å². The summed E-state index contributed by atoms with van der Waals surface area (Å²) < 4.78 is 0. The summed E-state index contributed by atoms with van der Waals surface area (Å²) in [4.78, 5) is 4.50. The van der Waals surface area contributed by atoms with E-state index < -0.39 is 0 Å². The van der Waals surface area contributed by atoms with E-state index in [0.717, 1.165) is 6.54 Å². The van der Waals surface area contributed by atoms with Crippen LogP contribution in [0.25, 0.3) is 0 Å². The highest BCUT2D eigenvalue weighted by molar-refractivity contribution is 5.73. The first-order valence-corrected chi connectivity index (χ1v) is 10.3. The molecule has 0 aromatic rings. The van der Waals surface area contributed by atoms with Crippen LogP contribution in [0, 0.1) is 0 Å². The molecular formula is C20H41N2+. The van der Waals surface area contributed by atoms with Crippen molar-refractivity contribution in [3.05, 3.63) is 0 Å². The van der Waals surface area contributed by atoms with E-state index in [2.05, 4.69) is 17.2 Å². The lowest BCUT2D eigenvalue weighted by Gasteiger charge is -2.03. The van der Waals surface area contributed by atoms with Gasteiger partial charge in [-0.15, -0.1) is 0 Å². The molecule has 1 heterocycles. The summed E-state index contributed by atoms with van der Waals surface area (Å²) in [6, 6.07) is 0. The number of hydrogen-bond acceptors (Lipinski definition) is 1. The second-order valence-electron chi connectivity index (χ2n) is 7.07. The zero-order valence-electron chi connectivity index (χ0n) is 15.3. The average Bonchev–Trinajstić information content (AvgIpc) is 3.04. The van der Waals surface area contributed by atoms with E-state index in [9.17, 15) is 0 Å². The van der Waals surface area contributed by atoms with E-state index in [1.165, 1.54) is 115 Å². The topological polar surface area (TPSA) is 29.0 Å². The van der Waals surface area contributed by atoms with Crippen molar-refractivity contribution in [1.82, 2.24) is 0 Å². The third-order valence-corrected chi connectivity index (χ3v) is 4.86. The highest BCUT2D eigenvalue weighted by atomic mass is 15.1. The van der Waals surface area contributed by atoms with E-state index >= 15 is 0 Å². The maximum Gasteiger partial charge on any atom is 0.195 e. The summed E-state index contributed by atoms with van der Waals surface area (Å²) in [5, 5.41) is 2.32. The molecule has 2 N–H and O–H groups in total. The van der Waals surface area contributed by atoms with Crippen molar-refractivity contribution in [2.24, 2.45) is 4.99 Å². The molecule has 130 valence electrons. The van der Waals surface area contributed by atoms with Crippen molar-refractivity contribution < 1.29 is 5.32 Å². The van der Waals surface area contributed by atoms with Gasteiger partial charge in [-0.1, -0.05) is 96.8 Å². The van der Waals surface area contributed by atoms with Crippen molar-refractivity contribution in [2.75, 3.05) is 13.1 Å². The molecule has 1 aliphatic heterocycles. The number of aliphatic imine (C=N–C) groups is 1. The Hall–Kier alpha value is -0.370. The first-order valence-electron chi connectivity index (χ1n) is 10.3. The molecule has 2 nitrogen and oxygen atoms in total. The van der Waals surface area contributed by atoms with E-state index in [-0.39, 0.29) is 0 Å². The molecule has 0 radical (unpaired) electrons. The van der Waals surface area contributed by atoms with Gasteiger partial charge in [-0.05, 0) is 6.42 Å². The molecule has 0 atom stereocenters. The van der Waals surface area contributed by atoms with Crippen molar-refractivity contribution >= 4 is 5.84 Å². The summed E-state index contributed by atoms with van der Waals surface area (Å²) in [5.41, 5.74) is 0. The predicted molar refractivity (Wildman–Crippen MR) is 98.6 cm³/mol. The number of hydrogen-bond donors (Lipinski definition) is 1. The maximum absolute atomic E-state index is 4.50. The van der Waals surface area contributed by atoms with Crippen LogP contribution in [0.5, 0.6) is 0 Å². The summed E-state index contributed by atoms with van der Waals surface area (Å²) in [6.07, 6.45) is 22.9. The molecule has 1 rings (SSSR count). The molecule has 0 unspecified atom stereocenters. The lowest BCUT2D eigenvalue weighted by Crippen LogP contribution is -2.85. The van der Waals surface area contributed by atoms with E-state index in [4.69, 9.17) is 0 Å². The van der Waals surface area contributed by atoms with Gasteiger partial charge in [0.05, 0.1) is 6.54 Å². The number of quaternary nitrogens is 1. The van der Waals surface area contributed by atoms with Crippen LogP contribution in [0.15, 0.2) is 4.99 Å². The largest absolute Gasteiger partial charge is 0.300 e. The third kappa shape index (κ3) is 12.2. The number of nitrogens with zero attached hydrogens (tertiary/aromatic N) is 1. The molecule has 0 aromatic heterocycles. The lowest BCUT2D eigenvalue weighted by molar-refractivity contribution is -0.530. The quantitative estimate of drug-likeness (QED) is 0.379. The number of amidine groups is 1. The molecule has 0 saturated heterocycles. The molecule has 1 aliphatic rings. The van der Waals surface area contributed by atoms with E-state index in [1.807, 2.05) is 0 Å². The number of rotatable bonds is 16. The van der Waals surface area contributed by atoms with Crippen LogP contribution in [-0.4, -0.2) is 18.9 Å². The molecule has 0 amide bonds. The Morgan fingerprint density at radius 1 is 0.682 bits per heavy atom. The Morgan fingerprint density at radius 2 is 1.14 bits per heavy atom. The fourth-order valence-electron chi connectivity index (χ4n) is 3.36. The smallest absolute Gasteiger partial charge is 0.195 e. The lowest BCUT2D eigenvalue weighted by atomic mass is 10.0. The summed E-state index contributed by atoms with van der Waals surface area (Å²) in [6.45, 7) is 4.53. The Morgan fingerprint density at radius 3 is 1.55 bits per heavy atom. The summed E-state index contributed by atoms with van der Waals surface area (Å²) in [5.74, 6) is 1.38. The maximum atomic E-state index is 4.50. The second kappa shape index (κ2) is 15.5. The molecule has 0 aliphatic carbocycles. The molecule has 22 heavy (non-hydrogen) atoms. The fourth-order valence-corrected chi connectivity index (χ4v) is 3.36. The number of nitrogens with two attached hydrogens (primary N) is 1. The Kier molecular flexibility index (Phi) is 13.9. The van der Waals surface area contributed by atoms with E-state index in [0.29, 0.717) is 0 Å². The minimum atomic E-state index is 1.05. The van der Waals surface area contributed by atoms with Gasteiger partial charge in [0.15, 0.2) is 5.84 Å². The Labute approximate surface area is 139 Å². The van der Waals surface area contributed by atoms with E-state index in [1.54, 1.807) is 0 Å². The molecular weight excluding hydrogens is 268 g/mol. The second-order valence-corrected chi connectivity index (χ2v) is 7.07. The first-order chi connectivity index (χ1) is 10.9. The van der Waals surface area contributed by atoms with Gasteiger partial charge < -0.3 is 0 Å². The van der Waals surface area contributed by atoms with Gasteiger partial charge in [-0.2, -0.15) is 0 Å². The van der Waals surface area contributed by atoms with Crippen LogP contribution >= 0.6 is 0 Å². The summed E-state index contributed by atoms with van der Waals surface area (Å²) in [7, 11) is 0. The van der Waals surface area contributed by atoms with Gasteiger partial charge in [-0.25, -0.2) is 4.99 Å². The molecule has 2 heteroatoms. The zero-order valence-corrected chi connectivity index (χ0v) is 15.3. The predicted octanol–water partition coefficient (Wildman–Crippen LogP) is 5.22. The van der Waals surface area contributed by atoms with Crippen molar-refractivity contribution in [3.63, 3.8) is 0 Å². The van der Waals surface area contributed by atoms with Gasteiger partial charge in [-0.3, -0.25) is 5.32 Å². The minimum absolute atomic E-state index is 1.05. The Bertz CT molecular complexity index is 260.